The van der Waals surface area contributed by atoms with Crippen molar-refractivity contribution in [2.45, 2.75) is 12.5 Å². The third-order valence-corrected chi connectivity index (χ3v) is 3.09. The van der Waals surface area contributed by atoms with E-state index in [0.29, 0.717) is 12.0 Å². The summed E-state index contributed by atoms with van der Waals surface area (Å²) in [5.41, 5.74) is 7.25. The highest BCUT2D eigenvalue weighted by atomic mass is 16.3. The van der Waals surface area contributed by atoms with Crippen LogP contribution < -0.4 is 10.9 Å². The van der Waals surface area contributed by atoms with Crippen LogP contribution in [-0.2, 0) is 0 Å². The Bertz CT molecular complexity index is 594. The monoisotopic (exact) mass is 282 g/mol. The molecule has 0 fully saturated rings. The molecule has 0 aliphatic heterocycles. The molecular weight excluding hydrogens is 264 g/mol. The molecule has 0 unspecified atom stereocenters. The van der Waals surface area contributed by atoms with E-state index in [9.17, 15) is 9.90 Å². The number of carbonyl (C=O) groups excluding carboxylic acids is 1. The first-order valence-electron chi connectivity index (χ1n) is 6.71. The molecule has 0 aliphatic rings. The Morgan fingerprint density at radius 2 is 1.81 bits per heavy atom. The first-order valence-corrected chi connectivity index (χ1v) is 6.71. The van der Waals surface area contributed by atoms with Crippen LogP contribution in [0.1, 0.15) is 28.4 Å². The zero-order valence-corrected chi connectivity index (χ0v) is 11.6. The molecule has 0 spiro atoms. The number of amides is 1. The quantitative estimate of drug-likeness (QED) is 0.564. The predicted octanol–water partition coefficient (Wildman–Crippen LogP) is 2.94. The third-order valence-electron chi connectivity index (χ3n) is 3.09. The molecule has 1 amide bonds. The van der Waals surface area contributed by atoms with Gasteiger partial charge in [-0.2, -0.15) is 0 Å². The molecule has 0 saturated heterocycles. The van der Waals surface area contributed by atoms with E-state index in [2.05, 4.69) is 17.4 Å². The fraction of sp³-hybridized carbons (Fsp3) is 0.118. The Hall–Kier alpha value is -2.59. The van der Waals surface area contributed by atoms with Crippen LogP contribution in [0.5, 0.6) is 5.75 Å². The van der Waals surface area contributed by atoms with Crippen LogP contribution >= 0.6 is 0 Å². The minimum Gasteiger partial charge on any atom is -0.508 e. The van der Waals surface area contributed by atoms with Gasteiger partial charge in [0.1, 0.15) is 5.75 Å². The van der Waals surface area contributed by atoms with Gasteiger partial charge in [0.15, 0.2) is 0 Å². The van der Waals surface area contributed by atoms with Crippen molar-refractivity contribution in [2.75, 3.05) is 0 Å². The Morgan fingerprint density at radius 1 is 1.14 bits per heavy atom. The van der Waals surface area contributed by atoms with Crippen molar-refractivity contribution in [1.29, 1.82) is 0 Å². The second-order valence-corrected chi connectivity index (χ2v) is 4.63. The summed E-state index contributed by atoms with van der Waals surface area (Å²) in [7, 11) is 0. The van der Waals surface area contributed by atoms with E-state index in [0.717, 1.165) is 5.56 Å². The van der Waals surface area contributed by atoms with Gasteiger partial charge in [0, 0.05) is 5.56 Å². The van der Waals surface area contributed by atoms with Crippen molar-refractivity contribution >= 4 is 5.91 Å². The molecule has 2 rings (SSSR count). The highest BCUT2D eigenvalue weighted by Gasteiger charge is 2.11. The standard InChI is InChI=1S/C17H18N2O2/c1-2-6-16(13-9-11-15(20)12-10-13)18-19-17(21)14-7-4-3-5-8-14/h2-5,7-12,16,18,20H,1,6H2,(H,19,21)/t16-/m0/s1. The van der Waals surface area contributed by atoms with Crippen LogP contribution in [0, 0.1) is 0 Å². The van der Waals surface area contributed by atoms with Gasteiger partial charge in [0.05, 0.1) is 6.04 Å². The lowest BCUT2D eigenvalue weighted by atomic mass is 10.0. The van der Waals surface area contributed by atoms with Gasteiger partial charge in [0.2, 0.25) is 0 Å². The van der Waals surface area contributed by atoms with Gasteiger partial charge in [-0.15, -0.1) is 6.58 Å². The van der Waals surface area contributed by atoms with Crippen LogP contribution in [0.2, 0.25) is 0 Å². The van der Waals surface area contributed by atoms with Crippen molar-refractivity contribution in [2.24, 2.45) is 0 Å². The number of hydrogen-bond acceptors (Lipinski definition) is 3. The fourth-order valence-corrected chi connectivity index (χ4v) is 1.97. The number of rotatable bonds is 6. The van der Waals surface area contributed by atoms with E-state index in [1.807, 2.05) is 30.3 Å². The molecule has 4 heteroatoms. The molecule has 0 aliphatic carbocycles. The maximum atomic E-state index is 12.0. The summed E-state index contributed by atoms with van der Waals surface area (Å²) < 4.78 is 0. The molecule has 21 heavy (non-hydrogen) atoms. The Kier molecular flexibility index (Phi) is 5.12. The van der Waals surface area contributed by atoms with E-state index in [4.69, 9.17) is 0 Å². The highest BCUT2D eigenvalue weighted by molar-refractivity contribution is 5.93. The summed E-state index contributed by atoms with van der Waals surface area (Å²) >= 11 is 0. The second-order valence-electron chi connectivity index (χ2n) is 4.63. The molecule has 0 bridgehead atoms. The van der Waals surface area contributed by atoms with Gasteiger partial charge < -0.3 is 5.11 Å². The van der Waals surface area contributed by atoms with Gasteiger partial charge in [0.25, 0.3) is 5.91 Å². The number of phenols is 1. The lowest BCUT2D eigenvalue weighted by Gasteiger charge is -2.18. The number of aromatic hydroxyl groups is 1. The van der Waals surface area contributed by atoms with E-state index in [-0.39, 0.29) is 17.7 Å². The van der Waals surface area contributed by atoms with Gasteiger partial charge in [-0.1, -0.05) is 36.4 Å². The molecule has 3 N–H and O–H groups in total. The van der Waals surface area contributed by atoms with Crippen molar-refractivity contribution in [3.8, 4) is 5.75 Å². The van der Waals surface area contributed by atoms with E-state index in [1.165, 1.54) is 0 Å². The molecule has 0 radical (unpaired) electrons. The lowest BCUT2D eigenvalue weighted by molar-refractivity contribution is 0.0925. The zero-order chi connectivity index (χ0) is 15.1. The van der Waals surface area contributed by atoms with Crippen LogP contribution in [-0.4, -0.2) is 11.0 Å². The summed E-state index contributed by atoms with van der Waals surface area (Å²) in [5.74, 6) is 0.0212. The molecule has 0 aromatic heterocycles. The minimum atomic E-state index is -0.191. The number of nitrogens with one attached hydrogen (secondary N) is 2. The zero-order valence-electron chi connectivity index (χ0n) is 11.6. The van der Waals surface area contributed by atoms with Crippen LogP contribution in [0.3, 0.4) is 0 Å². The third kappa shape index (κ3) is 4.19. The number of hydrogen-bond donors (Lipinski definition) is 3. The minimum absolute atomic E-state index is 0.101. The fourth-order valence-electron chi connectivity index (χ4n) is 1.97. The van der Waals surface area contributed by atoms with Gasteiger partial charge >= 0.3 is 0 Å². The van der Waals surface area contributed by atoms with Gasteiger partial charge in [-0.25, -0.2) is 5.43 Å². The molecule has 108 valence electrons. The average molecular weight is 282 g/mol. The Morgan fingerprint density at radius 3 is 2.43 bits per heavy atom. The van der Waals surface area contributed by atoms with Crippen LogP contribution in [0.25, 0.3) is 0 Å². The summed E-state index contributed by atoms with van der Waals surface area (Å²) in [5, 5.41) is 9.32. The number of hydrazine groups is 1. The summed E-state index contributed by atoms with van der Waals surface area (Å²) in [6, 6.07) is 15.7. The molecule has 0 heterocycles. The number of phenolic OH excluding ortho intramolecular Hbond substituents is 1. The Labute approximate surface area is 124 Å². The number of carbonyl (C=O) groups is 1. The topological polar surface area (TPSA) is 61.4 Å². The van der Waals surface area contributed by atoms with E-state index < -0.39 is 0 Å². The normalized spacial score (nSPS) is 11.6. The molecule has 2 aromatic rings. The Balaban J connectivity index is 2.02. The lowest BCUT2D eigenvalue weighted by Crippen LogP contribution is -2.39. The SMILES string of the molecule is C=CC[C@H](NNC(=O)c1ccccc1)c1ccc(O)cc1. The molecule has 4 nitrogen and oxygen atoms in total. The van der Waals surface area contributed by atoms with Crippen LogP contribution in [0.15, 0.2) is 67.3 Å². The molecule has 1 atom stereocenters. The maximum absolute atomic E-state index is 12.0. The van der Waals surface area contributed by atoms with Gasteiger partial charge in [-0.05, 0) is 36.2 Å². The smallest absolute Gasteiger partial charge is 0.265 e. The first-order chi connectivity index (χ1) is 10.2. The largest absolute Gasteiger partial charge is 0.508 e. The van der Waals surface area contributed by atoms with Gasteiger partial charge in [-0.3, -0.25) is 10.2 Å². The average Bonchev–Trinajstić information content (AvgIpc) is 2.53. The van der Waals surface area contributed by atoms with Crippen molar-refractivity contribution in [1.82, 2.24) is 10.9 Å². The van der Waals surface area contributed by atoms with E-state index >= 15 is 0 Å². The van der Waals surface area contributed by atoms with E-state index in [1.54, 1.807) is 30.3 Å². The summed E-state index contributed by atoms with van der Waals surface area (Å²) in [6.45, 7) is 3.73. The second kappa shape index (κ2) is 7.26. The van der Waals surface area contributed by atoms with Crippen molar-refractivity contribution in [3.63, 3.8) is 0 Å². The van der Waals surface area contributed by atoms with Crippen molar-refractivity contribution in [3.05, 3.63) is 78.4 Å². The molecule has 0 saturated carbocycles. The predicted molar refractivity (Wildman–Crippen MR) is 82.7 cm³/mol. The number of benzene rings is 2. The first kappa shape index (κ1) is 14.8. The molecular formula is C17H18N2O2. The van der Waals surface area contributed by atoms with Crippen molar-refractivity contribution < 1.29 is 9.90 Å². The molecule has 2 aromatic carbocycles. The van der Waals surface area contributed by atoms with Crippen LogP contribution in [0.4, 0.5) is 0 Å². The maximum Gasteiger partial charge on any atom is 0.265 e. The summed E-state index contributed by atoms with van der Waals surface area (Å²) in [4.78, 5) is 12.0. The highest BCUT2D eigenvalue weighted by Crippen LogP contribution is 2.19. The summed E-state index contributed by atoms with van der Waals surface area (Å²) in [6.07, 6.45) is 2.43.